The second kappa shape index (κ2) is 11.7. The molecule has 0 rings (SSSR count). The first-order chi connectivity index (χ1) is 8.67. The Kier molecular flexibility index (Phi) is 11.5. The summed E-state index contributed by atoms with van der Waals surface area (Å²) in [5, 5.41) is 0. The van der Waals surface area contributed by atoms with Crippen LogP contribution in [0.3, 0.4) is 0 Å². The van der Waals surface area contributed by atoms with Crippen LogP contribution in [0, 0.1) is 11.8 Å². The summed E-state index contributed by atoms with van der Waals surface area (Å²) >= 11 is 0. The molecule has 108 valence electrons. The van der Waals surface area contributed by atoms with E-state index in [1.165, 1.54) is 19.3 Å². The molecule has 2 unspecified atom stereocenters. The van der Waals surface area contributed by atoms with Crippen LogP contribution in [0.1, 0.15) is 78.6 Å². The molecule has 0 radical (unpaired) electrons. The van der Waals surface area contributed by atoms with Crippen molar-refractivity contribution in [1.29, 1.82) is 0 Å². The molecule has 0 amide bonds. The molecule has 0 spiro atoms. The molecule has 0 aromatic heterocycles. The van der Waals surface area contributed by atoms with E-state index in [2.05, 4.69) is 20.8 Å². The van der Waals surface area contributed by atoms with Gasteiger partial charge in [-0.05, 0) is 31.2 Å². The molecule has 2 nitrogen and oxygen atoms in total. The Labute approximate surface area is 114 Å². The molecule has 0 fully saturated rings. The van der Waals surface area contributed by atoms with Crippen molar-refractivity contribution in [3.63, 3.8) is 0 Å². The fourth-order valence-corrected chi connectivity index (χ4v) is 2.52. The molecule has 0 aliphatic carbocycles. The molecule has 0 aromatic carbocycles. The SMILES string of the molecule is CCCCC(CC)CC(=O)CCC(CC)CCN. The minimum absolute atomic E-state index is 0.466. The fourth-order valence-electron chi connectivity index (χ4n) is 2.52. The molecule has 2 heteroatoms. The van der Waals surface area contributed by atoms with Crippen LogP contribution in [0.4, 0.5) is 0 Å². The molecule has 2 N–H and O–H groups in total. The topological polar surface area (TPSA) is 43.1 Å². The van der Waals surface area contributed by atoms with Crippen molar-refractivity contribution in [2.75, 3.05) is 6.54 Å². The van der Waals surface area contributed by atoms with E-state index in [1.807, 2.05) is 0 Å². The summed E-state index contributed by atoms with van der Waals surface area (Å²) < 4.78 is 0. The normalized spacial score (nSPS) is 14.4. The summed E-state index contributed by atoms with van der Waals surface area (Å²) in [4.78, 5) is 12.0. The van der Waals surface area contributed by atoms with Crippen LogP contribution in [0.2, 0.25) is 0 Å². The standard InChI is InChI=1S/C16H33NO/c1-4-7-8-15(6-3)13-16(18)10-9-14(5-2)11-12-17/h14-15H,4-13,17H2,1-3H3. The van der Waals surface area contributed by atoms with E-state index in [0.29, 0.717) is 17.6 Å². The Morgan fingerprint density at radius 3 is 2.17 bits per heavy atom. The summed E-state index contributed by atoms with van der Waals surface area (Å²) in [6.07, 6.45) is 9.68. The molecule has 0 heterocycles. The summed E-state index contributed by atoms with van der Waals surface area (Å²) in [7, 11) is 0. The average molecular weight is 255 g/mol. The van der Waals surface area contributed by atoms with Gasteiger partial charge in [0.2, 0.25) is 0 Å². The lowest BCUT2D eigenvalue weighted by Gasteiger charge is -2.15. The zero-order valence-electron chi connectivity index (χ0n) is 12.7. The van der Waals surface area contributed by atoms with Crippen molar-refractivity contribution < 1.29 is 4.79 Å². The smallest absolute Gasteiger partial charge is 0.133 e. The highest BCUT2D eigenvalue weighted by molar-refractivity contribution is 5.78. The van der Waals surface area contributed by atoms with E-state index in [0.717, 1.165) is 45.1 Å². The van der Waals surface area contributed by atoms with E-state index in [4.69, 9.17) is 5.73 Å². The fraction of sp³-hybridized carbons (Fsp3) is 0.938. The van der Waals surface area contributed by atoms with E-state index in [1.54, 1.807) is 0 Å². The third-order valence-electron chi connectivity index (χ3n) is 4.04. The molecule has 0 bridgehead atoms. The van der Waals surface area contributed by atoms with Crippen molar-refractivity contribution in [2.24, 2.45) is 17.6 Å². The highest BCUT2D eigenvalue weighted by atomic mass is 16.1. The van der Waals surface area contributed by atoms with E-state index < -0.39 is 0 Å². The number of hydrogen-bond acceptors (Lipinski definition) is 2. The Balaban J connectivity index is 3.85. The molecule has 0 aromatic rings. The average Bonchev–Trinajstić information content (AvgIpc) is 2.39. The number of unbranched alkanes of at least 4 members (excludes halogenated alkanes) is 1. The Bertz CT molecular complexity index is 203. The number of Topliss-reactive ketones (excluding diaryl/α,β-unsaturated/α-hetero) is 1. The van der Waals surface area contributed by atoms with Crippen LogP contribution in [-0.4, -0.2) is 12.3 Å². The minimum atomic E-state index is 0.466. The van der Waals surface area contributed by atoms with Gasteiger partial charge in [0.1, 0.15) is 5.78 Å². The number of hydrogen-bond donors (Lipinski definition) is 1. The second-order valence-corrected chi connectivity index (χ2v) is 5.55. The van der Waals surface area contributed by atoms with Gasteiger partial charge in [-0.25, -0.2) is 0 Å². The summed E-state index contributed by atoms with van der Waals surface area (Å²) in [5.41, 5.74) is 5.58. The Morgan fingerprint density at radius 2 is 1.67 bits per heavy atom. The first kappa shape index (κ1) is 17.6. The predicted molar refractivity (Wildman–Crippen MR) is 79.6 cm³/mol. The number of nitrogens with two attached hydrogens (primary N) is 1. The van der Waals surface area contributed by atoms with Gasteiger partial charge >= 0.3 is 0 Å². The minimum Gasteiger partial charge on any atom is -0.330 e. The van der Waals surface area contributed by atoms with Crippen LogP contribution in [0.25, 0.3) is 0 Å². The molecule has 0 saturated carbocycles. The van der Waals surface area contributed by atoms with Gasteiger partial charge in [0, 0.05) is 12.8 Å². The molecule has 0 aliphatic rings. The maximum atomic E-state index is 12.0. The zero-order chi connectivity index (χ0) is 13.8. The van der Waals surface area contributed by atoms with E-state index in [9.17, 15) is 4.79 Å². The summed E-state index contributed by atoms with van der Waals surface area (Å²) in [5.74, 6) is 1.73. The number of rotatable bonds is 12. The van der Waals surface area contributed by atoms with Gasteiger partial charge in [-0.1, -0.05) is 52.9 Å². The first-order valence-corrected chi connectivity index (χ1v) is 7.89. The van der Waals surface area contributed by atoms with Crippen LogP contribution in [-0.2, 0) is 4.79 Å². The lowest BCUT2D eigenvalue weighted by atomic mass is 9.90. The lowest BCUT2D eigenvalue weighted by molar-refractivity contribution is -0.120. The van der Waals surface area contributed by atoms with Gasteiger partial charge < -0.3 is 5.73 Å². The summed E-state index contributed by atoms with van der Waals surface area (Å²) in [6.45, 7) is 7.37. The van der Waals surface area contributed by atoms with E-state index in [-0.39, 0.29) is 0 Å². The van der Waals surface area contributed by atoms with Crippen molar-refractivity contribution in [3.8, 4) is 0 Å². The lowest BCUT2D eigenvalue weighted by Crippen LogP contribution is -2.12. The van der Waals surface area contributed by atoms with Crippen molar-refractivity contribution in [3.05, 3.63) is 0 Å². The van der Waals surface area contributed by atoms with Gasteiger partial charge in [0.15, 0.2) is 0 Å². The van der Waals surface area contributed by atoms with Crippen LogP contribution in [0.5, 0.6) is 0 Å². The summed E-state index contributed by atoms with van der Waals surface area (Å²) in [6, 6.07) is 0. The second-order valence-electron chi connectivity index (χ2n) is 5.55. The number of carbonyl (C=O) groups excluding carboxylic acids is 1. The van der Waals surface area contributed by atoms with Gasteiger partial charge in [-0.3, -0.25) is 4.79 Å². The number of ketones is 1. The third kappa shape index (κ3) is 8.68. The predicted octanol–water partition coefficient (Wildman–Crippen LogP) is 4.32. The van der Waals surface area contributed by atoms with E-state index >= 15 is 0 Å². The van der Waals surface area contributed by atoms with Gasteiger partial charge in [0.25, 0.3) is 0 Å². The van der Waals surface area contributed by atoms with Gasteiger partial charge in [-0.2, -0.15) is 0 Å². The van der Waals surface area contributed by atoms with Gasteiger partial charge in [-0.15, -0.1) is 0 Å². The quantitative estimate of drug-likeness (QED) is 0.564. The van der Waals surface area contributed by atoms with Crippen molar-refractivity contribution in [1.82, 2.24) is 0 Å². The highest BCUT2D eigenvalue weighted by Gasteiger charge is 2.13. The molecule has 0 aliphatic heterocycles. The van der Waals surface area contributed by atoms with Crippen molar-refractivity contribution >= 4 is 5.78 Å². The molecule has 0 saturated heterocycles. The molecular formula is C16H33NO. The monoisotopic (exact) mass is 255 g/mol. The maximum absolute atomic E-state index is 12.0. The Hall–Kier alpha value is -0.370. The van der Waals surface area contributed by atoms with Gasteiger partial charge in [0.05, 0.1) is 0 Å². The third-order valence-corrected chi connectivity index (χ3v) is 4.04. The Morgan fingerprint density at radius 1 is 1.00 bits per heavy atom. The van der Waals surface area contributed by atoms with Crippen LogP contribution in [0.15, 0.2) is 0 Å². The molecular weight excluding hydrogens is 222 g/mol. The van der Waals surface area contributed by atoms with Crippen LogP contribution >= 0.6 is 0 Å². The van der Waals surface area contributed by atoms with Crippen molar-refractivity contribution in [2.45, 2.75) is 78.6 Å². The molecule has 18 heavy (non-hydrogen) atoms. The maximum Gasteiger partial charge on any atom is 0.133 e. The zero-order valence-corrected chi connectivity index (χ0v) is 12.7. The number of carbonyl (C=O) groups is 1. The largest absolute Gasteiger partial charge is 0.330 e. The molecule has 2 atom stereocenters. The highest BCUT2D eigenvalue weighted by Crippen LogP contribution is 2.20. The van der Waals surface area contributed by atoms with Crippen LogP contribution < -0.4 is 5.73 Å². The first-order valence-electron chi connectivity index (χ1n) is 7.89.